The molecule has 2 amide bonds. The van der Waals surface area contributed by atoms with Gasteiger partial charge in [-0.15, -0.1) is 6.58 Å². The van der Waals surface area contributed by atoms with Gasteiger partial charge in [-0.2, -0.15) is 0 Å². The number of hydrogen-bond donors (Lipinski definition) is 2. The van der Waals surface area contributed by atoms with Gasteiger partial charge in [-0.05, 0) is 52.4 Å². The smallest absolute Gasteiger partial charge is 0.246 e. The zero-order valence-corrected chi connectivity index (χ0v) is 12.5. The van der Waals surface area contributed by atoms with Crippen molar-refractivity contribution in [2.75, 3.05) is 0 Å². The second-order valence-corrected chi connectivity index (χ2v) is 6.56. The molecule has 0 spiro atoms. The number of hydrogen-bond acceptors (Lipinski definition) is 2. The average Bonchev–Trinajstić information content (AvgIpc) is 2.26. The van der Waals surface area contributed by atoms with Gasteiger partial charge < -0.3 is 10.6 Å². The SMILES string of the molecule is C=C[C@@H]1CCC[C@](NC(C)=O)(C(=O)NC(C)(C)C)C1. The van der Waals surface area contributed by atoms with Crippen LogP contribution in [0.3, 0.4) is 0 Å². The Morgan fingerprint density at radius 2 is 2.00 bits per heavy atom. The highest BCUT2D eigenvalue weighted by Gasteiger charge is 2.43. The molecule has 1 saturated carbocycles. The number of carbonyl (C=O) groups excluding carboxylic acids is 2. The van der Waals surface area contributed by atoms with E-state index < -0.39 is 5.54 Å². The Morgan fingerprint density at radius 3 is 2.47 bits per heavy atom. The van der Waals surface area contributed by atoms with Crippen LogP contribution in [0.2, 0.25) is 0 Å². The molecule has 2 N–H and O–H groups in total. The molecule has 0 aromatic carbocycles. The third-order valence-corrected chi connectivity index (χ3v) is 3.46. The fraction of sp³-hybridized carbons (Fsp3) is 0.733. The number of amides is 2. The third-order valence-electron chi connectivity index (χ3n) is 3.46. The van der Waals surface area contributed by atoms with Crippen LogP contribution in [0.15, 0.2) is 12.7 Å². The molecule has 0 unspecified atom stereocenters. The van der Waals surface area contributed by atoms with Gasteiger partial charge in [-0.25, -0.2) is 0 Å². The Hall–Kier alpha value is -1.32. The molecule has 2 atom stereocenters. The molecule has 1 aliphatic rings. The second-order valence-electron chi connectivity index (χ2n) is 6.56. The lowest BCUT2D eigenvalue weighted by atomic mass is 9.74. The molecule has 0 aromatic rings. The fourth-order valence-electron chi connectivity index (χ4n) is 2.69. The minimum atomic E-state index is -0.782. The Morgan fingerprint density at radius 1 is 1.37 bits per heavy atom. The first-order valence-corrected chi connectivity index (χ1v) is 6.92. The quantitative estimate of drug-likeness (QED) is 0.769. The Balaban J connectivity index is 2.95. The zero-order chi connectivity index (χ0) is 14.7. The van der Waals surface area contributed by atoms with E-state index >= 15 is 0 Å². The summed E-state index contributed by atoms with van der Waals surface area (Å²) < 4.78 is 0. The maximum absolute atomic E-state index is 12.6. The van der Waals surface area contributed by atoms with Crippen molar-refractivity contribution < 1.29 is 9.59 Å². The van der Waals surface area contributed by atoms with Crippen LogP contribution in [0.5, 0.6) is 0 Å². The summed E-state index contributed by atoms with van der Waals surface area (Å²) in [5.41, 5.74) is -1.08. The number of rotatable bonds is 3. The first-order chi connectivity index (χ1) is 8.68. The van der Waals surface area contributed by atoms with Gasteiger partial charge >= 0.3 is 0 Å². The Labute approximate surface area is 116 Å². The predicted octanol–water partition coefficient (Wildman–Crippen LogP) is 2.15. The second kappa shape index (κ2) is 5.76. The Kier molecular flexibility index (Phi) is 4.77. The zero-order valence-electron chi connectivity index (χ0n) is 12.5. The van der Waals surface area contributed by atoms with Crippen molar-refractivity contribution in [2.45, 2.75) is 64.5 Å². The summed E-state index contributed by atoms with van der Waals surface area (Å²) in [5.74, 6) is 0.0434. The minimum Gasteiger partial charge on any atom is -0.349 e. The molecule has 0 aliphatic heterocycles. The molecule has 1 aliphatic carbocycles. The molecule has 0 aromatic heterocycles. The van der Waals surface area contributed by atoms with E-state index in [0.717, 1.165) is 12.8 Å². The van der Waals surface area contributed by atoms with Gasteiger partial charge in [-0.3, -0.25) is 9.59 Å². The van der Waals surface area contributed by atoms with E-state index in [-0.39, 0.29) is 23.3 Å². The lowest BCUT2D eigenvalue weighted by Crippen LogP contribution is -2.62. The van der Waals surface area contributed by atoms with Crippen molar-refractivity contribution in [3.63, 3.8) is 0 Å². The van der Waals surface area contributed by atoms with Gasteiger partial charge in [0.15, 0.2) is 0 Å². The van der Waals surface area contributed by atoms with E-state index in [0.29, 0.717) is 12.8 Å². The van der Waals surface area contributed by atoms with Gasteiger partial charge in [0.25, 0.3) is 0 Å². The molecule has 19 heavy (non-hydrogen) atoms. The van der Waals surface area contributed by atoms with Crippen molar-refractivity contribution in [1.82, 2.24) is 10.6 Å². The monoisotopic (exact) mass is 266 g/mol. The standard InChI is InChI=1S/C15H26N2O2/c1-6-12-8-7-9-15(10-12,16-11(2)18)13(19)17-14(3,4)5/h6,12H,1,7-10H2,2-5H3,(H,16,18)(H,17,19)/t12-,15-/m1/s1. The molecule has 0 heterocycles. The van der Waals surface area contributed by atoms with Crippen LogP contribution in [-0.4, -0.2) is 22.9 Å². The van der Waals surface area contributed by atoms with Gasteiger partial charge in [0.05, 0.1) is 0 Å². The van der Waals surface area contributed by atoms with E-state index in [2.05, 4.69) is 17.2 Å². The van der Waals surface area contributed by atoms with Crippen LogP contribution in [0.4, 0.5) is 0 Å². The van der Waals surface area contributed by atoms with Crippen LogP contribution >= 0.6 is 0 Å². The molecular weight excluding hydrogens is 240 g/mol. The van der Waals surface area contributed by atoms with Crippen molar-refractivity contribution in [2.24, 2.45) is 5.92 Å². The highest BCUT2D eigenvalue weighted by Crippen LogP contribution is 2.33. The van der Waals surface area contributed by atoms with Crippen molar-refractivity contribution in [3.05, 3.63) is 12.7 Å². The molecule has 4 nitrogen and oxygen atoms in total. The first-order valence-electron chi connectivity index (χ1n) is 6.92. The summed E-state index contributed by atoms with van der Waals surface area (Å²) in [7, 11) is 0. The molecule has 0 saturated heterocycles. The molecule has 1 fully saturated rings. The lowest BCUT2D eigenvalue weighted by Gasteiger charge is -2.41. The summed E-state index contributed by atoms with van der Waals surface area (Å²) in [6.45, 7) is 11.1. The van der Waals surface area contributed by atoms with Gasteiger partial charge in [0.1, 0.15) is 5.54 Å². The molecule has 0 bridgehead atoms. The predicted molar refractivity (Wildman–Crippen MR) is 76.6 cm³/mol. The van der Waals surface area contributed by atoms with Crippen molar-refractivity contribution in [1.29, 1.82) is 0 Å². The highest BCUT2D eigenvalue weighted by molar-refractivity contribution is 5.91. The summed E-state index contributed by atoms with van der Waals surface area (Å²) in [6.07, 6.45) is 5.18. The van der Waals surface area contributed by atoms with E-state index in [9.17, 15) is 9.59 Å². The highest BCUT2D eigenvalue weighted by atomic mass is 16.2. The summed E-state index contributed by atoms with van der Waals surface area (Å²) in [6, 6.07) is 0. The maximum Gasteiger partial charge on any atom is 0.246 e. The maximum atomic E-state index is 12.6. The molecule has 1 rings (SSSR count). The van der Waals surface area contributed by atoms with E-state index in [1.54, 1.807) is 0 Å². The normalized spacial score (nSPS) is 27.5. The fourth-order valence-corrected chi connectivity index (χ4v) is 2.69. The van der Waals surface area contributed by atoms with Crippen LogP contribution in [0, 0.1) is 5.92 Å². The van der Waals surface area contributed by atoms with Crippen LogP contribution in [0.1, 0.15) is 53.4 Å². The minimum absolute atomic E-state index is 0.0817. The van der Waals surface area contributed by atoms with Gasteiger partial charge in [0, 0.05) is 12.5 Å². The number of allylic oxidation sites excluding steroid dienone is 1. The molecule has 0 radical (unpaired) electrons. The van der Waals surface area contributed by atoms with Crippen molar-refractivity contribution >= 4 is 11.8 Å². The van der Waals surface area contributed by atoms with Gasteiger partial charge in [0.2, 0.25) is 11.8 Å². The third kappa shape index (κ3) is 4.37. The van der Waals surface area contributed by atoms with Gasteiger partial charge in [-0.1, -0.05) is 6.08 Å². The van der Waals surface area contributed by atoms with Crippen LogP contribution in [0.25, 0.3) is 0 Å². The Bertz CT molecular complexity index is 371. The summed E-state index contributed by atoms with van der Waals surface area (Å²) >= 11 is 0. The molecule has 108 valence electrons. The average molecular weight is 266 g/mol. The topological polar surface area (TPSA) is 58.2 Å². The molecular formula is C15H26N2O2. The largest absolute Gasteiger partial charge is 0.349 e. The van der Waals surface area contributed by atoms with Crippen LogP contribution in [-0.2, 0) is 9.59 Å². The van der Waals surface area contributed by atoms with E-state index in [1.165, 1.54) is 6.92 Å². The first kappa shape index (κ1) is 15.7. The van der Waals surface area contributed by atoms with E-state index in [1.807, 2.05) is 26.8 Å². The van der Waals surface area contributed by atoms with Crippen molar-refractivity contribution in [3.8, 4) is 0 Å². The van der Waals surface area contributed by atoms with Crippen LogP contribution < -0.4 is 10.6 Å². The van der Waals surface area contributed by atoms with E-state index in [4.69, 9.17) is 0 Å². The molecule has 4 heteroatoms. The summed E-state index contributed by atoms with van der Waals surface area (Å²) in [4.78, 5) is 24.0. The lowest BCUT2D eigenvalue weighted by molar-refractivity contribution is -0.136. The number of carbonyl (C=O) groups is 2. The number of nitrogens with one attached hydrogen (secondary N) is 2. The summed E-state index contributed by atoms with van der Waals surface area (Å²) in [5, 5.41) is 5.87.